The molecule has 0 atom stereocenters. The molecule has 2 rings (SSSR count). The third-order valence-corrected chi connectivity index (χ3v) is 2.87. The van der Waals surface area contributed by atoms with Crippen molar-refractivity contribution < 1.29 is 4.74 Å². The molecular formula is C14H14ClNO. The highest BCUT2D eigenvalue weighted by molar-refractivity contribution is 6.32. The molecule has 0 amide bonds. The number of hydrogen-bond donors (Lipinski definition) is 1. The first-order valence-corrected chi connectivity index (χ1v) is 5.83. The van der Waals surface area contributed by atoms with Crippen molar-refractivity contribution in [3.63, 3.8) is 0 Å². The van der Waals surface area contributed by atoms with Gasteiger partial charge in [-0.05, 0) is 23.3 Å². The Morgan fingerprint density at radius 2 is 1.59 bits per heavy atom. The van der Waals surface area contributed by atoms with Crippen LogP contribution in [-0.4, -0.2) is 0 Å². The Bertz CT molecular complexity index is 499. The van der Waals surface area contributed by atoms with Crippen LogP contribution in [0, 0.1) is 0 Å². The molecule has 2 aromatic rings. The van der Waals surface area contributed by atoms with Gasteiger partial charge < -0.3 is 10.5 Å². The molecule has 2 aromatic carbocycles. The second kappa shape index (κ2) is 5.71. The van der Waals surface area contributed by atoms with Crippen LogP contribution >= 0.6 is 11.6 Å². The van der Waals surface area contributed by atoms with Gasteiger partial charge in [0, 0.05) is 6.54 Å². The Morgan fingerprint density at radius 1 is 0.941 bits per heavy atom. The number of para-hydroxylation sites is 1. The van der Waals surface area contributed by atoms with E-state index in [1.165, 1.54) is 0 Å². The molecule has 0 aromatic heterocycles. The van der Waals surface area contributed by atoms with Gasteiger partial charge in [-0.3, -0.25) is 0 Å². The zero-order chi connectivity index (χ0) is 12.1. The lowest BCUT2D eigenvalue weighted by Crippen LogP contribution is -2.04. The van der Waals surface area contributed by atoms with Gasteiger partial charge in [0.1, 0.15) is 12.4 Å². The fourth-order valence-corrected chi connectivity index (χ4v) is 1.81. The molecule has 0 fully saturated rings. The summed E-state index contributed by atoms with van der Waals surface area (Å²) in [4.78, 5) is 0. The lowest BCUT2D eigenvalue weighted by atomic mass is 10.1. The lowest BCUT2D eigenvalue weighted by Gasteiger charge is -2.10. The van der Waals surface area contributed by atoms with Crippen molar-refractivity contribution >= 4 is 11.6 Å². The van der Waals surface area contributed by atoms with E-state index in [0.29, 0.717) is 23.9 Å². The van der Waals surface area contributed by atoms with E-state index < -0.39 is 0 Å². The summed E-state index contributed by atoms with van der Waals surface area (Å²) in [6.07, 6.45) is 0. The second-order valence-corrected chi connectivity index (χ2v) is 4.10. The molecule has 0 radical (unpaired) electrons. The monoisotopic (exact) mass is 247 g/mol. The predicted octanol–water partition coefficient (Wildman–Crippen LogP) is 3.38. The number of benzene rings is 2. The highest BCUT2D eigenvalue weighted by Crippen LogP contribution is 2.24. The number of nitrogens with two attached hydrogens (primary N) is 1. The summed E-state index contributed by atoms with van der Waals surface area (Å²) >= 11 is 6.01. The smallest absolute Gasteiger partial charge is 0.138 e. The van der Waals surface area contributed by atoms with E-state index in [-0.39, 0.29) is 0 Å². The van der Waals surface area contributed by atoms with E-state index >= 15 is 0 Å². The van der Waals surface area contributed by atoms with Crippen molar-refractivity contribution in [2.75, 3.05) is 0 Å². The molecule has 88 valence electrons. The van der Waals surface area contributed by atoms with Crippen molar-refractivity contribution in [1.82, 2.24) is 0 Å². The van der Waals surface area contributed by atoms with E-state index in [1.807, 2.05) is 48.5 Å². The van der Waals surface area contributed by atoms with Crippen molar-refractivity contribution in [2.24, 2.45) is 5.73 Å². The molecule has 0 spiro atoms. The average molecular weight is 248 g/mol. The molecule has 3 heteroatoms. The second-order valence-electron chi connectivity index (χ2n) is 3.69. The molecular weight excluding hydrogens is 234 g/mol. The molecule has 0 saturated heterocycles. The van der Waals surface area contributed by atoms with E-state index in [2.05, 4.69) is 0 Å². The predicted molar refractivity (Wildman–Crippen MR) is 70.1 cm³/mol. The van der Waals surface area contributed by atoms with Crippen LogP contribution in [-0.2, 0) is 13.2 Å². The minimum Gasteiger partial charge on any atom is -0.487 e. The maximum atomic E-state index is 6.01. The quantitative estimate of drug-likeness (QED) is 0.899. The van der Waals surface area contributed by atoms with Crippen LogP contribution in [0.4, 0.5) is 0 Å². The van der Waals surface area contributed by atoms with E-state index in [1.54, 1.807) is 0 Å². The Hall–Kier alpha value is -1.51. The highest BCUT2D eigenvalue weighted by atomic mass is 35.5. The summed E-state index contributed by atoms with van der Waals surface area (Å²) in [5.74, 6) is 0.695. The van der Waals surface area contributed by atoms with Gasteiger partial charge in [-0.25, -0.2) is 0 Å². The fourth-order valence-electron chi connectivity index (χ4n) is 1.61. The van der Waals surface area contributed by atoms with Crippen LogP contribution in [0.25, 0.3) is 0 Å². The summed E-state index contributed by atoms with van der Waals surface area (Å²) in [7, 11) is 0. The lowest BCUT2D eigenvalue weighted by molar-refractivity contribution is 0.305. The largest absolute Gasteiger partial charge is 0.487 e. The molecule has 0 aliphatic heterocycles. The Morgan fingerprint density at radius 3 is 2.29 bits per heavy atom. The van der Waals surface area contributed by atoms with Gasteiger partial charge in [0.05, 0.1) is 5.02 Å². The van der Waals surface area contributed by atoms with Crippen molar-refractivity contribution in [1.29, 1.82) is 0 Å². The number of rotatable bonds is 4. The van der Waals surface area contributed by atoms with Gasteiger partial charge in [-0.15, -0.1) is 0 Å². The Balaban J connectivity index is 2.10. The summed E-state index contributed by atoms with van der Waals surface area (Å²) in [6, 6.07) is 15.4. The minimum absolute atomic E-state index is 0.483. The van der Waals surface area contributed by atoms with Gasteiger partial charge in [-0.1, -0.05) is 48.0 Å². The third-order valence-electron chi connectivity index (χ3n) is 2.56. The molecule has 0 heterocycles. The van der Waals surface area contributed by atoms with Crippen LogP contribution in [0.2, 0.25) is 5.02 Å². The third kappa shape index (κ3) is 2.99. The van der Waals surface area contributed by atoms with Gasteiger partial charge >= 0.3 is 0 Å². The number of halogens is 1. The molecule has 0 unspecified atom stereocenters. The number of hydrogen-bond acceptors (Lipinski definition) is 2. The van der Waals surface area contributed by atoms with E-state index in [4.69, 9.17) is 22.1 Å². The molecule has 17 heavy (non-hydrogen) atoms. The molecule has 2 N–H and O–H groups in total. The molecule has 0 saturated carbocycles. The van der Waals surface area contributed by atoms with Crippen LogP contribution in [0.1, 0.15) is 11.1 Å². The topological polar surface area (TPSA) is 35.2 Å². The zero-order valence-electron chi connectivity index (χ0n) is 9.40. The summed E-state index contributed by atoms with van der Waals surface area (Å²) in [5, 5.41) is 0.623. The first-order valence-electron chi connectivity index (χ1n) is 5.45. The maximum absolute atomic E-state index is 6.01. The van der Waals surface area contributed by atoms with Crippen molar-refractivity contribution in [2.45, 2.75) is 13.2 Å². The first kappa shape index (κ1) is 12.0. The average Bonchev–Trinajstić information content (AvgIpc) is 2.38. The molecule has 0 aliphatic rings. The van der Waals surface area contributed by atoms with Gasteiger partial charge in [-0.2, -0.15) is 0 Å². The van der Waals surface area contributed by atoms with Crippen molar-refractivity contribution in [3.8, 4) is 5.75 Å². The Kier molecular flexibility index (Phi) is 4.02. The van der Waals surface area contributed by atoms with Gasteiger partial charge in [0.2, 0.25) is 0 Å². The maximum Gasteiger partial charge on any atom is 0.138 e. The van der Waals surface area contributed by atoms with Gasteiger partial charge in [0.25, 0.3) is 0 Å². The summed E-state index contributed by atoms with van der Waals surface area (Å²) < 4.78 is 5.68. The highest BCUT2D eigenvalue weighted by Gasteiger charge is 2.03. The van der Waals surface area contributed by atoms with Crippen LogP contribution in [0.15, 0.2) is 48.5 Å². The van der Waals surface area contributed by atoms with Crippen LogP contribution < -0.4 is 10.5 Å². The van der Waals surface area contributed by atoms with Crippen LogP contribution in [0.3, 0.4) is 0 Å². The zero-order valence-corrected chi connectivity index (χ0v) is 10.2. The Labute approximate surface area is 106 Å². The van der Waals surface area contributed by atoms with E-state index in [0.717, 1.165) is 11.1 Å². The standard InChI is InChI=1S/C14H14ClNO/c15-13-7-3-4-8-14(13)17-10-12-6-2-1-5-11(12)9-16/h1-8H,9-10,16H2. The molecule has 0 aliphatic carbocycles. The molecule has 0 bridgehead atoms. The number of ether oxygens (including phenoxy) is 1. The minimum atomic E-state index is 0.483. The van der Waals surface area contributed by atoms with Crippen molar-refractivity contribution in [3.05, 3.63) is 64.7 Å². The normalized spacial score (nSPS) is 10.2. The molecule has 2 nitrogen and oxygen atoms in total. The fraction of sp³-hybridized carbons (Fsp3) is 0.143. The first-order chi connectivity index (χ1) is 8.31. The SMILES string of the molecule is NCc1ccccc1COc1ccccc1Cl. The summed E-state index contributed by atoms with van der Waals surface area (Å²) in [6.45, 7) is 0.999. The van der Waals surface area contributed by atoms with Crippen LogP contribution in [0.5, 0.6) is 5.75 Å². The summed E-state index contributed by atoms with van der Waals surface area (Å²) in [5.41, 5.74) is 7.86. The van der Waals surface area contributed by atoms with E-state index in [9.17, 15) is 0 Å². The van der Waals surface area contributed by atoms with Gasteiger partial charge in [0.15, 0.2) is 0 Å².